The Hall–Kier alpha value is -2.08. The molecule has 0 aromatic heterocycles. The maximum Gasteiger partial charge on any atom is 0.417 e. The number of halogens is 1. The zero-order chi connectivity index (χ0) is 15.9. The van der Waals surface area contributed by atoms with Gasteiger partial charge in [-0.3, -0.25) is 4.79 Å². The smallest absolute Gasteiger partial charge is 0.417 e. The highest BCUT2D eigenvalue weighted by atomic mass is 35.5. The van der Waals surface area contributed by atoms with E-state index in [0.29, 0.717) is 17.2 Å². The standard InChI is InChI=1S/C15H15ClN2O4/c1-15(2)8-21-14(20)18(15)13(19)12-7-11(17-22-12)9-3-5-10(16)6-4-9/h3-6,12H,7-8H2,1-2H3. The van der Waals surface area contributed by atoms with E-state index in [2.05, 4.69) is 5.16 Å². The molecule has 2 aliphatic heterocycles. The van der Waals surface area contributed by atoms with Crippen LogP contribution in [0, 0.1) is 0 Å². The van der Waals surface area contributed by atoms with Crippen molar-refractivity contribution in [2.75, 3.05) is 6.61 Å². The van der Waals surface area contributed by atoms with E-state index in [-0.39, 0.29) is 6.61 Å². The number of amides is 2. The van der Waals surface area contributed by atoms with Crippen LogP contribution in [0.15, 0.2) is 29.4 Å². The molecule has 0 aliphatic carbocycles. The Morgan fingerprint density at radius 2 is 2.05 bits per heavy atom. The van der Waals surface area contributed by atoms with E-state index in [9.17, 15) is 9.59 Å². The number of nitrogens with zero attached hydrogens (tertiary/aromatic N) is 2. The van der Waals surface area contributed by atoms with E-state index < -0.39 is 23.6 Å². The second kappa shape index (κ2) is 5.28. The summed E-state index contributed by atoms with van der Waals surface area (Å²) in [7, 11) is 0. The van der Waals surface area contributed by atoms with Crippen LogP contribution in [0.2, 0.25) is 5.02 Å². The number of oxime groups is 1. The average molecular weight is 323 g/mol. The zero-order valence-electron chi connectivity index (χ0n) is 12.2. The molecule has 1 aromatic carbocycles. The quantitative estimate of drug-likeness (QED) is 0.839. The van der Waals surface area contributed by atoms with Gasteiger partial charge in [-0.2, -0.15) is 0 Å². The maximum absolute atomic E-state index is 12.5. The molecule has 6 nitrogen and oxygen atoms in total. The van der Waals surface area contributed by atoms with E-state index in [4.69, 9.17) is 21.2 Å². The third-order valence-electron chi connectivity index (χ3n) is 3.68. The highest BCUT2D eigenvalue weighted by molar-refractivity contribution is 6.30. The number of hydrogen-bond acceptors (Lipinski definition) is 5. The maximum atomic E-state index is 12.5. The molecular formula is C15H15ClN2O4. The minimum atomic E-state index is -0.810. The lowest BCUT2D eigenvalue weighted by Crippen LogP contribution is -2.50. The Bertz CT molecular complexity index is 654. The predicted molar refractivity (Wildman–Crippen MR) is 79.8 cm³/mol. The Morgan fingerprint density at radius 1 is 1.36 bits per heavy atom. The normalized spacial score (nSPS) is 23.0. The minimum Gasteiger partial charge on any atom is -0.447 e. The van der Waals surface area contributed by atoms with Crippen LogP contribution < -0.4 is 0 Å². The molecular weight excluding hydrogens is 308 g/mol. The lowest BCUT2D eigenvalue weighted by molar-refractivity contribution is -0.141. The van der Waals surface area contributed by atoms with Crippen LogP contribution in [-0.4, -0.2) is 40.9 Å². The summed E-state index contributed by atoms with van der Waals surface area (Å²) in [6, 6.07) is 7.11. The van der Waals surface area contributed by atoms with Crippen molar-refractivity contribution >= 4 is 29.3 Å². The minimum absolute atomic E-state index is 0.176. The van der Waals surface area contributed by atoms with Gasteiger partial charge in [-0.25, -0.2) is 9.69 Å². The largest absolute Gasteiger partial charge is 0.447 e. The SMILES string of the molecule is CC1(C)COC(=O)N1C(=O)C1CC(c2ccc(Cl)cc2)=NO1. The van der Waals surface area contributed by atoms with Gasteiger partial charge in [0.05, 0.1) is 11.3 Å². The molecule has 2 amide bonds. The predicted octanol–water partition coefficient (Wildman–Crippen LogP) is 2.59. The third kappa shape index (κ3) is 2.54. The van der Waals surface area contributed by atoms with Crippen LogP contribution in [0.4, 0.5) is 4.79 Å². The number of rotatable bonds is 2. The highest BCUT2D eigenvalue weighted by Crippen LogP contribution is 2.27. The Kier molecular flexibility index (Phi) is 3.56. The molecule has 1 unspecified atom stereocenters. The Morgan fingerprint density at radius 3 is 2.64 bits per heavy atom. The summed E-state index contributed by atoms with van der Waals surface area (Å²) >= 11 is 5.85. The second-order valence-electron chi connectivity index (χ2n) is 5.88. The molecule has 0 bridgehead atoms. The van der Waals surface area contributed by atoms with Crippen LogP contribution in [0.1, 0.15) is 25.8 Å². The first kappa shape index (κ1) is 14.8. The van der Waals surface area contributed by atoms with Gasteiger partial charge in [0.15, 0.2) is 0 Å². The number of imide groups is 1. The molecule has 116 valence electrons. The van der Waals surface area contributed by atoms with Gasteiger partial charge in [0, 0.05) is 11.4 Å². The van der Waals surface area contributed by atoms with Gasteiger partial charge in [0.1, 0.15) is 6.61 Å². The lowest BCUT2D eigenvalue weighted by atomic mass is 10.0. The highest BCUT2D eigenvalue weighted by Gasteiger charge is 2.48. The van der Waals surface area contributed by atoms with E-state index in [0.717, 1.165) is 10.5 Å². The third-order valence-corrected chi connectivity index (χ3v) is 3.93. The molecule has 1 atom stereocenters. The van der Waals surface area contributed by atoms with Gasteiger partial charge in [-0.15, -0.1) is 0 Å². The van der Waals surface area contributed by atoms with Crippen molar-refractivity contribution in [3.05, 3.63) is 34.9 Å². The zero-order valence-corrected chi connectivity index (χ0v) is 13.0. The summed E-state index contributed by atoms with van der Waals surface area (Å²) in [5.41, 5.74) is 0.809. The van der Waals surface area contributed by atoms with Crippen LogP contribution in [0.3, 0.4) is 0 Å². The van der Waals surface area contributed by atoms with E-state index >= 15 is 0 Å². The molecule has 2 heterocycles. The number of carbonyl (C=O) groups is 2. The number of hydrogen-bond donors (Lipinski definition) is 0. The molecule has 0 saturated carbocycles. The molecule has 7 heteroatoms. The van der Waals surface area contributed by atoms with E-state index in [1.165, 1.54) is 0 Å². The summed E-state index contributed by atoms with van der Waals surface area (Å²) < 4.78 is 4.94. The molecule has 22 heavy (non-hydrogen) atoms. The van der Waals surface area contributed by atoms with Gasteiger partial charge >= 0.3 is 6.09 Å². The van der Waals surface area contributed by atoms with Crippen molar-refractivity contribution in [3.63, 3.8) is 0 Å². The Labute approximate surface area is 132 Å². The van der Waals surface area contributed by atoms with Crippen molar-refractivity contribution in [2.45, 2.75) is 31.9 Å². The van der Waals surface area contributed by atoms with Gasteiger partial charge in [0.2, 0.25) is 6.10 Å². The van der Waals surface area contributed by atoms with Crippen LogP contribution in [0.25, 0.3) is 0 Å². The average Bonchev–Trinajstić information content (AvgIpc) is 3.05. The first-order valence-corrected chi connectivity index (χ1v) is 7.26. The van der Waals surface area contributed by atoms with Gasteiger partial charge in [-0.1, -0.05) is 28.9 Å². The fourth-order valence-electron chi connectivity index (χ4n) is 2.47. The fourth-order valence-corrected chi connectivity index (χ4v) is 2.60. The second-order valence-corrected chi connectivity index (χ2v) is 6.32. The van der Waals surface area contributed by atoms with Gasteiger partial charge < -0.3 is 9.57 Å². The molecule has 1 aromatic rings. The summed E-state index contributed by atoms with van der Waals surface area (Å²) in [6.45, 7) is 3.71. The van der Waals surface area contributed by atoms with Crippen molar-refractivity contribution in [2.24, 2.45) is 5.16 Å². The molecule has 3 rings (SSSR count). The van der Waals surface area contributed by atoms with E-state index in [1.54, 1.807) is 26.0 Å². The summed E-state index contributed by atoms with van der Waals surface area (Å²) in [5.74, 6) is -0.430. The molecule has 0 N–H and O–H groups in total. The van der Waals surface area contributed by atoms with Crippen molar-refractivity contribution in [1.82, 2.24) is 4.90 Å². The summed E-state index contributed by atoms with van der Waals surface area (Å²) in [4.78, 5) is 30.6. The van der Waals surface area contributed by atoms with Crippen LogP contribution >= 0.6 is 11.6 Å². The molecule has 1 saturated heterocycles. The molecule has 0 spiro atoms. The van der Waals surface area contributed by atoms with Gasteiger partial charge in [-0.05, 0) is 31.5 Å². The van der Waals surface area contributed by atoms with Crippen molar-refractivity contribution in [3.8, 4) is 0 Å². The molecule has 1 fully saturated rings. The Balaban J connectivity index is 1.73. The number of benzene rings is 1. The van der Waals surface area contributed by atoms with Crippen LogP contribution in [-0.2, 0) is 14.4 Å². The lowest BCUT2D eigenvalue weighted by Gasteiger charge is -2.27. The van der Waals surface area contributed by atoms with Crippen LogP contribution in [0.5, 0.6) is 0 Å². The fraction of sp³-hybridized carbons (Fsp3) is 0.400. The van der Waals surface area contributed by atoms with Gasteiger partial charge in [0.25, 0.3) is 5.91 Å². The first-order valence-electron chi connectivity index (χ1n) is 6.88. The van der Waals surface area contributed by atoms with E-state index in [1.807, 2.05) is 12.1 Å². The van der Waals surface area contributed by atoms with Crippen molar-refractivity contribution in [1.29, 1.82) is 0 Å². The number of cyclic esters (lactones) is 1. The summed E-state index contributed by atoms with van der Waals surface area (Å²) in [6.07, 6.45) is -1.14. The topological polar surface area (TPSA) is 68.2 Å². The van der Waals surface area contributed by atoms with Crippen molar-refractivity contribution < 1.29 is 19.2 Å². The first-order chi connectivity index (χ1) is 10.4. The number of carbonyl (C=O) groups excluding carboxylic acids is 2. The molecule has 0 radical (unpaired) electrons. The monoisotopic (exact) mass is 322 g/mol. The summed E-state index contributed by atoms with van der Waals surface area (Å²) in [5, 5.41) is 4.58. The number of ether oxygens (including phenoxy) is 1. The molecule has 2 aliphatic rings.